The van der Waals surface area contributed by atoms with Gasteiger partial charge in [-0.3, -0.25) is 4.79 Å². The van der Waals surface area contributed by atoms with E-state index in [4.69, 9.17) is 0 Å². The molecule has 76 valence electrons. The monoisotopic (exact) mass is 191 g/mol. The molecule has 0 unspecified atom stereocenters. The van der Waals surface area contributed by atoms with Crippen molar-refractivity contribution in [2.75, 3.05) is 7.05 Å². The molecular weight excluding hydrogens is 174 g/mol. The van der Waals surface area contributed by atoms with Gasteiger partial charge in [-0.15, -0.1) is 0 Å². The molecule has 1 N–H and O–H groups in total. The second-order valence-electron chi connectivity index (χ2n) is 4.02. The summed E-state index contributed by atoms with van der Waals surface area (Å²) >= 11 is 0. The average Bonchev–Trinajstić information content (AvgIpc) is 2.17. The van der Waals surface area contributed by atoms with Crippen LogP contribution in [0.15, 0.2) is 24.3 Å². The van der Waals surface area contributed by atoms with Crippen molar-refractivity contribution in [1.29, 1.82) is 0 Å². The lowest BCUT2D eigenvalue weighted by Gasteiger charge is -2.24. The van der Waals surface area contributed by atoms with E-state index in [2.05, 4.69) is 5.32 Å². The van der Waals surface area contributed by atoms with Gasteiger partial charge in [-0.05, 0) is 31.9 Å². The van der Waals surface area contributed by atoms with Gasteiger partial charge in [0.15, 0.2) is 0 Å². The largest absolute Gasteiger partial charge is 0.358 e. The third-order valence-corrected chi connectivity index (χ3v) is 2.61. The molecule has 0 saturated carbocycles. The molecular formula is C12H17NO. The summed E-state index contributed by atoms with van der Waals surface area (Å²) in [6, 6.07) is 7.98. The van der Waals surface area contributed by atoms with Crippen LogP contribution < -0.4 is 5.32 Å². The molecule has 1 rings (SSSR count). The maximum atomic E-state index is 11.7. The minimum absolute atomic E-state index is 0.0480. The number of carbonyl (C=O) groups excluding carboxylic acids is 1. The van der Waals surface area contributed by atoms with Crippen LogP contribution in [-0.4, -0.2) is 13.0 Å². The number of carbonyl (C=O) groups is 1. The van der Waals surface area contributed by atoms with Crippen LogP contribution in [0.3, 0.4) is 0 Å². The Morgan fingerprint density at radius 2 is 1.86 bits per heavy atom. The first-order valence-electron chi connectivity index (χ1n) is 4.78. The van der Waals surface area contributed by atoms with E-state index in [1.54, 1.807) is 7.05 Å². The van der Waals surface area contributed by atoms with Gasteiger partial charge < -0.3 is 5.32 Å². The Bertz CT molecular complexity index is 342. The Hall–Kier alpha value is -1.31. The van der Waals surface area contributed by atoms with Crippen LogP contribution in [-0.2, 0) is 10.2 Å². The summed E-state index contributed by atoms with van der Waals surface area (Å²) < 4.78 is 0. The maximum absolute atomic E-state index is 11.7. The standard InChI is InChI=1S/C12H17NO/c1-9-7-5-6-8-10(9)12(2,3)11(14)13-4/h5-8H,1-4H3,(H,13,14). The van der Waals surface area contributed by atoms with Crippen molar-refractivity contribution in [1.82, 2.24) is 5.32 Å². The van der Waals surface area contributed by atoms with Crippen molar-refractivity contribution >= 4 is 5.91 Å². The van der Waals surface area contributed by atoms with Crippen molar-refractivity contribution in [2.24, 2.45) is 0 Å². The quantitative estimate of drug-likeness (QED) is 0.761. The molecule has 1 aromatic rings. The van der Waals surface area contributed by atoms with Gasteiger partial charge in [0.2, 0.25) is 5.91 Å². The molecule has 1 amide bonds. The molecule has 0 radical (unpaired) electrons. The molecule has 1 aromatic carbocycles. The van der Waals surface area contributed by atoms with Crippen molar-refractivity contribution in [3.05, 3.63) is 35.4 Å². The fourth-order valence-electron chi connectivity index (χ4n) is 1.71. The van der Waals surface area contributed by atoms with E-state index in [1.807, 2.05) is 45.0 Å². The SMILES string of the molecule is CNC(=O)C(C)(C)c1ccccc1C. The molecule has 0 fully saturated rings. The van der Waals surface area contributed by atoms with Gasteiger partial charge in [0.1, 0.15) is 0 Å². The zero-order chi connectivity index (χ0) is 10.8. The summed E-state index contributed by atoms with van der Waals surface area (Å²) in [5.41, 5.74) is 1.78. The molecule has 0 spiro atoms. The highest BCUT2D eigenvalue weighted by atomic mass is 16.2. The summed E-state index contributed by atoms with van der Waals surface area (Å²) in [6.07, 6.45) is 0. The Balaban J connectivity index is 3.16. The lowest BCUT2D eigenvalue weighted by molar-refractivity contribution is -0.125. The number of aryl methyl sites for hydroxylation is 1. The predicted octanol–water partition coefficient (Wildman–Crippen LogP) is 2.02. The Labute approximate surface area is 85.3 Å². The third-order valence-electron chi connectivity index (χ3n) is 2.61. The van der Waals surface area contributed by atoms with Gasteiger partial charge >= 0.3 is 0 Å². The Morgan fingerprint density at radius 1 is 1.29 bits per heavy atom. The normalized spacial score (nSPS) is 11.1. The van der Waals surface area contributed by atoms with Crippen molar-refractivity contribution in [3.8, 4) is 0 Å². The van der Waals surface area contributed by atoms with Crippen molar-refractivity contribution in [2.45, 2.75) is 26.2 Å². The second kappa shape index (κ2) is 3.82. The molecule has 0 atom stereocenters. The zero-order valence-corrected chi connectivity index (χ0v) is 9.22. The fraction of sp³-hybridized carbons (Fsp3) is 0.417. The smallest absolute Gasteiger partial charge is 0.229 e. The molecule has 0 aliphatic heterocycles. The summed E-state index contributed by atoms with van der Waals surface area (Å²) in [5, 5.41) is 2.69. The number of hydrogen-bond acceptors (Lipinski definition) is 1. The van der Waals surface area contributed by atoms with Gasteiger partial charge in [0.05, 0.1) is 5.41 Å². The summed E-state index contributed by atoms with van der Waals surface area (Å²) in [5.74, 6) is 0.0480. The molecule has 0 heterocycles. The van der Waals surface area contributed by atoms with E-state index in [-0.39, 0.29) is 5.91 Å². The first-order valence-corrected chi connectivity index (χ1v) is 4.78. The summed E-state index contributed by atoms with van der Waals surface area (Å²) in [7, 11) is 1.67. The van der Waals surface area contributed by atoms with E-state index in [1.165, 1.54) is 0 Å². The van der Waals surface area contributed by atoms with Gasteiger partial charge in [0.25, 0.3) is 0 Å². The van der Waals surface area contributed by atoms with E-state index in [0.29, 0.717) is 0 Å². The minimum atomic E-state index is -0.458. The summed E-state index contributed by atoms with van der Waals surface area (Å²) in [6.45, 7) is 5.91. The molecule has 14 heavy (non-hydrogen) atoms. The van der Waals surface area contributed by atoms with Crippen LogP contribution >= 0.6 is 0 Å². The van der Waals surface area contributed by atoms with Crippen molar-refractivity contribution < 1.29 is 4.79 Å². The van der Waals surface area contributed by atoms with Gasteiger partial charge in [-0.25, -0.2) is 0 Å². The number of hydrogen-bond donors (Lipinski definition) is 1. The highest BCUT2D eigenvalue weighted by molar-refractivity contribution is 5.87. The first kappa shape index (κ1) is 10.8. The molecule has 0 aliphatic rings. The minimum Gasteiger partial charge on any atom is -0.358 e. The number of amides is 1. The highest BCUT2D eigenvalue weighted by Gasteiger charge is 2.29. The topological polar surface area (TPSA) is 29.1 Å². The number of likely N-dealkylation sites (N-methyl/N-ethyl adjacent to an activating group) is 1. The molecule has 0 aromatic heterocycles. The lowest BCUT2D eigenvalue weighted by atomic mass is 9.81. The van der Waals surface area contributed by atoms with Crippen LogP contribution in [0.4, 0.5) is 0 Å². The Morgan fingerprint density at radius 3 is 2.36 bits per heavy atom. The van der Waals surface area contributed by atoms with Crippen LogP contribution in [0.2, 0.25) is 0 Å². The molecule has 0 bridgehead atoms. The van der Waals surface area contributed by atoms with Gasteiger partial charge in [-0.2, -0.15) is 0 Å². The van der Waals surface area contributed by atoms with Gasteiger partial charge in [0, 0.05) is 7.05 Å². The maximum Gasteiger partial charge on any atom is 0.229 e. The third kappa shape index (κ3) is 1.79. The molecule has 0 saturated heterocycles. The predicted molar refractivity (Wildman–Crippen MR) is 58.3 cm³/mol. The fourth-order valence-corrected chi connectivity index (χ4v) is 1.71. The van der Waals surface area contributed by atoms with Crippen LogP contribution in [0.1, 0.15) is 25.0 Å². The van der Waals surface area contributed by atoms with Crippen LogP contribution in [0.5, 0.6) is 0 Å². The van der Waals surface area contributed by atoms with E-state index >= 15 is 0 Å². The number of nitrogens with one attached hydrogen (secondary N) is 1. The lowest BCUT2D eigenvalue weighted by Crippen LogP contribution is -2.38. The van der Waals surface area contributed by atoms with E-state index < -0.39 is 5.41 Å². The first-order chi connectivity index (χ1) is 6.50. The van der Waals surface area contributed by atoms with Crippen LogP contribution in [0, 0.1) is 6.92 Å². The number of benzene rings is 1. The van der Waals surface area contributed by atoms with Crippen molar-refractivity contribution in [3.63, 3.8) is 0 Å². The molecule has 2 nitrogen and oxygen atoms in total. The zero-order valence-electron chi connectivity index (χ0n) is 9.22. The Kier molecular flexibility index (Phi) is 2.94. The summed E-state index contributed by atoms with van der Waals surface area (Å²) in [4.78, 5) is 11.7. The van der Waals surface area contributed by atoms with Gasteiger partial charge in [-0.1, -0.05) is 24.3 Å². The molecule has 0 aliphatic carbocycles. The highest BCUT2D eigenvalue weighted by Crippen LogP contribution is 2.25. The second-order valence-corrected chi connectivity index (χ2v) is 4.02. The van der Waals surface area contributed by atoms with E-state index in [9.17, 15) is 4.79 Å². The average molecular weight is 191 g/mol. The van der Waals surface area contributed by atoms with Crippen LogP contribution in [0.25, 0.3) is 0 Å². The number of rotatable bonds is 2. The molecule has 2 heteroatoms. The van der Waals surface area contributed by atoms with E-state index in [0.717, 1.165) is 11.1 Å².